The van der Waals surface area contributed by atoms with E-state index in [0.29, 0.717) is 5.56 Å². The fourth-order valence-corrected chi connectivity index (χ4v) is 1.50. The van der Waals surface area contributed by atoms with Gasteiger partial charge in [-0.2, -0.15) is 0 Å². The summed E-state index contributed by atoms with van der Waals surface area (Å²) in [5, 5.41) is 2.61. The number of rotatable bonds is 3. The molecule has 2 aromatic rings. The molecule has 0 radical (unpaired) electrons. The van der Waals surface area contributed by atoms with Crippen LogP contribution < -0.4 is 11.1 Å². The molecule has 0 saturated heterocycles. The smallest absolute Gasteiger partial charge is 0.272 e. The summed E-state index contributed by atoms with van der Waals surface area (Å²) in [6, 6.07) is 6.59. The SMILES string of the molecule is NC(=O)c1ccc(C#CCNC(=O)c2cnccn2)cc1. The molecule has 0 bridgehead atoms. The summed E-state index contributed by atoms with van der Waals surface area (Å²) < 4.78 is 0. The van der Waals surface area contributed by atoms with Crippen molar-refractivity contribution in [1.82, 2.24) is 15.3 Å². The van der Waals surface area contributed by atoms with Gasteiger partial charge in [0, 0.05) is 23.5 Å². The first-order chi connectivity index (χ1) is 10.2. The highest BCUT2D eigenvalue weighted by molar-refractivity contribution is 5.93. The average Bonchev–Trinajstić information content (AvgIpc) is 2.52. The maximum atomic E-state index is 11.6. The summed E-state index contributed by atoms with van der Waals surface area (Å²) in [6.07, 6.45) is 4.32. The zero-order valence-electron chi connectivity index (χ0n) is 11.0. The number of amides is 2. The first-order valence-corrected chi connectivity index (χ1v) is 6.10. The Morgan fingerprint density at radius 3 is 2.57 bits per heavy atom. The third-order valence-electron chi connectivity index (χ3n) is 2.54. The molecular weight excluding hydrogens is 268 g/mol. The molecule has 0 aliphatic rings. The quantitative estimate of drug-likeness (QED) is 0.793. The number of hydrogen-bond acceptors (Lipinski definition) is 4. The van der Waals surface area contributed by atoms with Gasteiger partial charge in [0.25, 0.3) is 5.91 Å². The number of aromatic nitrogens is 2. The van der Waals surface area contributed by atoms with Crippen LogP contribution in [0.3, 0.4) is 0 Å². The van der Waals surface area contributed by atoms with Crippen molar-refractivity contribution in [3.63, 3.8) is 0 Å². The molecule has 0 atom stereocenters. The standard InChI is InChI=1S/C15H12N4O2/c16-14(20)12-5-3-11(4-6-12)2-1-7-19-15(21)13-10-17-8-9-18-13/h3-6,8-10H,7H2,(H2,16,20)(H,19,21). The molecule has 0 spiro atoms. The molecule has 2 amide bonds. The molecule has 0 aliphatic carbocycles. The number of carbonyl (C=O) groups excluding carboxylic acids is 2. The second-order valence-corrected chi connectivity index (χ2v) is 4.02. The van der Waals surface area contributed by atoms with Crippen molar-refractivity contribution in [3.8, 4) is 11.8 Å². The first kappa shape index (κ1) is 14.2. The zero-order chi connectivity index (χ0) is 15.1. The normalized spacial score (nSPS) is 9.33. The number of hydrogen-bond donors (Lipinski definition) is 2. The summed E-state index contributed by atoms with van der Waals surface area (Å²) in [5.74, 6) is 4.86. The van der Waals surface area contributed by atoms with Gasteiger partial charge in [-0.05, 0) is 24.3 Å². The van der Waals surface area contributed by atoms with Gasteiger partial charge in [-0.3, -0.25) is 14.6 Å². The Hall–Kier alpha value is -3.20. The molecule has 104 valence electrons. The molecule has 0 saturated carbocycles. The van der Waals surface area contributed by atoms with Crippen molar-refractivity contribution < 1.29 is 9.59 Å². The van der Waals surface area contributed by atoms with Gasteiger partial charge < -0.3 is 11.1 Å². The van der Waals surface area contributed by atoms with Crippen LogP contribution in [0, 0.1) is 11.8 Å². The van der Waals surface area contributed by atoms with Gasteiger partial charge in [0.05, 0.1) is 12.7 Å². The maximum Gasteiger partial charge on any atom is 0.272 e. The highest BCUT2D eigenvalue weighted by Gasteiger charge is 2.04. The number of nitrogens with two attached hydrogens (primary N) is 1. The van der Waals surface area contributed by atoms with Crippen molar-refractivity contribution in [2.75, 3.05) is 6.54 Å². The molecule has 21 heavy (non-hydrogen) atoms. The van der Waals surface area contributed by atoms with E-state index in [1.165, 1.54) is 18.6 Å². The van der Waals surface area contributed by atoms with Crippen LogP contribution in [0.1, 0.15) is 26.4 Å². The van der Waals surface area contributed by atoms with Crippen molar-refractivity contribution in [2.24, 2.45) is 5.73 Å². The van der Waals surface area contributed by atoms with E-state index in [9.17, 15) is 9.59 Å². The van der Waals surface area contributed by atoms with E-state index in [2.05, 4.69) is 27.1 Å². The van der Waals surface area contributed by atoms with Crippen LogP contribution in [0.2, 0.25) is 0 Å². The van der Waals surface area contributed by atoms with Gasteiger partial charge in [-0.1, -0.05) is 11.8 Å². The van der Waals surface area contributed by atoms with Gasteiger partial charge >= 0.3 is 0 Å². The van der Waals surface area contributed by atoms with E-state index < -0.39 is 5.91 Å². The van der Waals surface area contributed by atoms with Gasteiger partial charge in [0.15, 0.2) is 0 Å². The van der Waals surface area contributed by atoms with Crippen LogP contribution in [0.15, 0.2) is 42.9 Å². The van der Waals surface area contributed by atoms with Crippen molar-refractivity contribution in [2.45, 2.75) is 0 Å². The van der Waals surface area contributed by atoms with Crippen LogP contribution >= 0.6 is 0 Å². The van der Waals surface area contributed by atoms with E-state index in [1.54, 1.807) is 24.3 Å². The number of nitrogens with zero attached hydrogens (tertiary/aromatic N) is 2. The largest absolute Gasteiger partial charge is 0.366 e. The summed E-state index contributed by atoms with van der Waals surface area (Å²) >= 11 is 0. The second-order valence-electron chi connectivity index (χ2n) is 4.02. The summed E-state index contributed by atoms with van der Waals surface area (Å²) in [7, 11) is 0. The van der Waals surface area contributed by atoms with E-state index in [0.717, 1.165) is 5.56 Å². The predicted octanol–water partition coefficient (Wildman–Crippen LogP) is 0.357. The average molecular weight is 280 g/mol. The first-order valence-electron chi connectivity index (χ1n) is 6.10. The third kappa shape index (κ3) is 4.14. The molecule has 0 fully saturated rings. The Labute approximate surface area is 121 Å². The highest BCUT2D eigenvalue weighted by Crippen LogP contribution is 2.01. The summed E-state index contributed by atoms with van der Waals surface area (Å²) in [5.41, 5.74) is 6.54. The van der Waals surface area contributed by atoms with E-state index >= 15 is 0 Å². The lowest BCUT2D eigenvalue weighted by atomic mass is 10.1. The van der Waals surface area contributed by atoms with Crippen LogP contribution in [-0.2, 0) is 0 Å². The predicted molar refractivity (Wildman–Crippen MR) is 76.2 cm³/mol. The van der Waals surface area contributed by atoms with Crippen molar-refractivity contribution in [3.05, 3.63) is 59.7 Å². The molecular formula is C15H12N4O2. The highest BCUT2D eigenvalue weighted by atomic mass is 16.2. The topological polar surface area (TPSA) is 98.0 Å². The lowest BCUT2D eigenvalue weighted by Crippen LogP contribution is -2.24. The fraction of sp³-hybridized carbons (Fsp3) is 0.0667. The molecule has 1 heterocycles. The number of carbonyl (C=O) groups is 2. The molecule has 1 aromatic carbocycles. The van der Waals surface area contributed by atoms with Crippen LogP contribution in [0.25, 0.3) is 0 Å². The Bertz CT molecular complexity index is 700. The Kier molecular flexibility index (Phi) is 4.62. The third-order valence-corrected chi connectivity index (χ3v) is 2.54. The van der Waals surface area contributed by atoms with Gasteiger partial charge in [-0.25, -0.2) is 4.98 Å². The van der Waals surface area contributed by atoms with Gasteiger partial charge in [0.1, 0.15) is 5.69 Å². The van der Waals surface area contributed by atoms with Gasteiger partial charge in [-0.15, -0.1) is 0 Å². The number of nitrogens with one attached hydrogen (secondary N) is 1. The van der Waals surface area contributed by atoms with Crippen molar-refractivity contribution >= 4 is 11.8 Å². The Morgan fingerprint density at radius 2 is 1.95 bits per heavy atom. The van der Waals surface area contributed by atoms with Crippen LogP contribution in [-0.4, -0.2) is 28.3 Å². The maximum absolute atomic E-state index is 11.6. The van der Waals surface area contributed by atoms with E-state index in [-0.39, 0.29) is 18.1 Å². The fourth-order valence-electron chi connectivity index (χ4n) is 1.50. The Morgan fingerprint density at radius 1 is 1.19 bits per heavy atom. The molecule has 3 N–H and O–H groups in total. The molecule has 6 heteroatoms. The lowest BCUT2D eigenvalue weighted by Gasteiger charge is -1.98. The van der Waals surface area contributed by atoms with Crippen LogP contribution in [0.4, 0.5) is 0 Å². The minimum atomic E-state index is -0.481. The zero-order valence-corrected chi connectivity index (χ0v) is 11.0. The van der Waals surface area contributed by atoms with Crippen LogP contribution in [0.5, 0.6) is 0 Å². The van der Waals surface area contributed by atoms with E-state index in [4.69, 9.17) is 5.73 Å². The number of benzene rings is 1. The molecule has 0 aliphatic heterocycles. The molecule has 0 unspecified atom stereocenters. The van der Waals surface area contributed by atoms with Gasteiger partial charge in [0.2, 0.25) is 5.91 Å². The number of primary amides is 1. The Balaban J connectivity index is 1.89. The summed E-state index contributed by atoms with van der Waals surface area (Å²) in [4.78, 5) is 30.2. The minimum Gasteiger partial charge on any atom is -0.366 e. The minimum absolute atomic E-state index is 0.187. The second kappa shape index (κ2) is 6.82. The summed E-state index contributed by atoms with van der Waals surface area (Å²) in [6.45, 7) is 0.187. The monoisotopic (exact) mass is 280 g/mol. The molecule has 2 rings (SSSR count). The lowest BCUT2D eigenvalue weighted by molar-refractivity contribution is 0.0952. The van der Waals surface area contributed by atoms with Crippen molar-refractivity contribution in [1.29, 1.82) is 0 Å². The van der Waals surface area contributed by atoms with E-state index in [1.807, 2.05) is 0 Å². The molecule has 1 aromatic heterocycles. The molecule has 6 nitrogen and oxygen atoms in total.